The van der Waals surface area contributed by atoms with E-state index in [1.807, 2.05) is 30.3 Å². The van der Waals surface area contributed by atoms with Crippen molar-refractivity contribution in [3.8, 4) is 0 Å². The number of hydrogen-bond donors (Lipinski definition) is 2. The maximum absolute atomic E-state index is 11.4. The van der Waals surface area contributed by atoms with Crippen molar-refractivity contribution < 1.29 is 9.90 Å². The van der Waals surface area contributed by atoms with Gasteiger partial charge in [-0.05, 0) is 31.2 Å². The highest BCUT2D eigenvalue weighted by Gasteiger charge is 2.22. The molecule has 1 unspecified atom stereocenters. The number of carbonyl (C=O) groups excluding carboxylic acids is 1. The van der Waals surface area contributed by atoms with Gasteiger partial charge >= 0.3 is 0 Å². The summed E-state index contributed by atoms with van der Waals surface area (Å²) in [5.41, 5.74) is 0.926. The van der Waals surface area contributed by atoms with Crippen molar-refractivity contribution in [2.24, 2.45) is 0 Å². The number of carbonyl (C=O) groups is 1. The number of amides is 1. The fourth-order valence-corrected chi connectivity index (χ4v) is 1.83. The molecule has 3 heteroatoms. The van der Waals surface area contributed by atoms with Gasteiger partial charge in [0.2, 0.25) is 5.91 Å². The van der Waals surface area contributed by atoms with Crippen LogP contribution in [0, 0.1) is 0 Å². The minimum atomic E-state index is -0.454. The first-order valence-corrected chi connectivity index (χ1v) is 6.28. The number of aliphatic hydroxyl groups excluding tert-OH is 1. The molecule has 17 heavy (non-hydrogen) atoms. The van der Waals surface area contributed by atoms with E-state index in [0.717, 1.165) is 24.8 Å². The predicted molar refractivity (Wildman–Crippen MR) is 66.4 cm³/mol. The van der Waals surface area contributed by atoms with Crippen LogP contribution in [0.3, 0.4) is 0 Å². The molecule has 1 atom stereocenters. The Morgan fingerprint density at radius 3 is 2.71 bits per heavy atom. The molecule has 0 spiro atoms. The molecule has 2 rings (SSSR count). The first-order valence-electron chi connectivity index (χ1n) is 6.28. The molecule has 1 fully saturated rings. The molecule has 0 aromatic heterocycles. The monoisotopic (exact) mass is 233 g/mol. The topological polar surface area (TPSA) is 49.3 Å². The molecule has 1 amide bonds. The van der Waals surface area contributed by atoms with Gasteiger partial charge in [0.15, 0.2) is 0 Å². The van der Waals surface area contributed by atoms with Crippen molar-refractivity contribution in [1.82, 2.24) is 5.32 Å². The summed E-state index contributed by atoms with van der Waals surface area (Å²) in [6.45, 7) is 0. The lowest BCUT2D eigenvalue weighted by molar-refractivity contribution is -0.121. The van der Waals surface area contributed by atoms with Crippen LogP contribution in [-0.4, -0.2) is 17.1 Å². The molecular formula is C14H19NO2. The standard InChI is InChI=1S/C14H19NO2/c16-13(11-5-2-1-3-6-11)7-4-8-14(17)15-12-9-10-12/h1-3,5-6,12-13,16H,4,7-10H2,(H,15,17). The zero-order valence-electron chi connectivity index (χ0n) is 9.93. The zero-order valence-corrected chi connectivity index (χ0v) is 9.93. The number of rotatable bonds is 6. The van der Waals surface area contributed by atoms with Crippen molar-refractivity contribution in [3.63, 3.8) is 0 Å². The first kappa shape index (κ1) is 12.1. The predicted octanol–water partition coefficient (Wildman–Crippen LogP) is 2.17. The van der Waals surface area contributed by atoms with E-state index in [1.54, 1.807) is 0 Å². The molecule has 2 N–H and O–H groups in total. The van der Waals surface area contributed by atoms with Crippen LogP contribution in [0.15, 0.2) is 30.3 Å². The van der Waals surface area contributed by atoms with Crippen LogP contribution in [0.25, 0.3) is 0 Å². The summed E-state index contributed by atoms with van der Waals surface area (Å²) in [7, 11) is 0. The van der Waals surface area contributed by atoms with Crippen LogP contribution in [0.5, 0.6) is 0 Å². The lowest BCUT2D eigenvalue weighted by Gasteiger charge is -2.10. The SMILES string of the molecule is O=C(CCCC(O)c1ccccc1)NC1CC1. The highest BCUT2D eigenvalue weighted by atomic mass is 16.3. The van der Waals surface area contributed by atoms with Gasteiger partial charge < -0.3 is 10.4 Å². The summed E-state index contributed by atoms with van der Waals surface area (Å²) in [5.74, 6) is 0.118. The van der Waals surface area contributed by atoms with E-state index in [1.165, 1.54) is 0 Å². The van der Waals surface area contributed by atoms with Crippen molar-refractivity contribution >= 4 is 5.91 Å². The van der Waals surface area contributed by atoms with Gasteiger partial charge in [-0.25, -0.2) is 0 Å². The molecule has 3 nitrogen and oxygen atoms in total. The molecule has 1 saturated carbocycles. The Balaban J connectivity index is 1.65. The summed E-state index contributed by atoms with van der Waals surface area (Å²) >= 11 is 0. The molecule has 0 radical (unpaired) electrons. The Morgan fingerprint density at radius 1 is 1.35 bits per heavy atom. The normalized spacial score (nSPS) is 16.5. The van der Waals surface area contributed by atoms with Gasteiger partial charge in [-0.1, -0.05) is 30.3 Å². The van der Waals surface area contributed by atoms with E-state index < -0.39 is 6.10 Å². The van der Waals surface area contributed by atoms with Crippen molar-refractivity contribution in [1.29, 1.82) is 0 Å². The summed E-state index contributed by atoms with van der Waals surface area (Å²) in [4.78, 5) is 11.4. The van der Waals surface area contributed by atoms with Crippen molar-refractivity contribution in [3.05, 3.63) is 35.9 Å². The highest BCUT2D eigenvalue weighted by molar-refractivity contribution is 5.76. The van der Waals surface area contributed by atoms with E-state index in [9.17, 15) is 9.90 Å². The lowest BCUT2D eigenvalue weighted by atomic mass is 10.0. The van der Waals surface area contributed by atoms with Crippen molar-refractivity contribution in [2.75, 3.05) is 0 Å². The first-order chi connectivity index (χ1) is 8.25. The second kappa shape index (κ2) is 5.82. The lowest BCUT2D eigenvalue weighted by Crippen LogP contribution is -2.24. The molecule has 1 aliphatic rings. The van der Waals surface area contributed by atoms with E-state index in [0.29, 0.717) is 18.9 Å². The quantitative estimate of drug-likeness (QED) is 0.791. The fraction of sp³-hybridized carbons (Fsp3) is 0.500. The Hall–Kier alpha value is -1.35. The van der Waals surface area contributed by atoms with Gasteiger partial charge in [0, 0.05) is 12.5 Å². The minimum absolute atomic E-state index is 0.118. The number of nitrogens with one attached hydrogen (secondary N) is 1. The zero-order chi connectivity index (χ0) is 12.1. The summed E-state index contributed by atoms with van der Waals surface area (Å²) in [6, 6.07) is 10.0. The van der Waals surface area contributed by atoms with Crippen LogP contribution in [-0.2, 0) is 4.79 Å². The van der Waals surface area contributed by atoms with E-state index in [2.05, 4.69) is 5.32 Å². The summed E-state index contributed by atoms with van der Waals surface area (Å²) in [5, 5.41) is 12.8. The van der Waals surface area contributed by atoms with E-state index >= 15 is 0 Å². The van der Waals surface area contributed by atoms with Gasteiger partial charge in [-0.2, -0.15) is 0 Å². The number of benzene rings is 1. The van der Waals surface area contributed by atoms with Crippen LogP contribution in [0.1, 0.15) is 43.8 Å². The molecule has 92 valence electrons. The third kappa shape index (κ3) is 4.19. The van der Waals surface area contributed by atoms with Gasteiger partial charge in [-0.3, -0.25) is 4.79 Å². The average molecular weight is 233 g/mol. The molecular weight excluding hydrogens is 214 g/mol. The Bertz CT molecular complexity index is 360. The smallest absolute Gasteiger partial charge is 0.220 e. The molecule has 0 saturated heterocycles. The Kier molecular flexibility index (Phi) is 4.15. The third-order valence-corrected chi connectivity index (χ3v) is 3.01. The van der Waals surface area contributed by atoms with Crippen molar-refractivity contribution in [2.45, 2.75) is 44.2 Å². The second-order valence-corrected chi connectivity index (χ2v) is 4.66. The van der Waals surface area contributed by atoms with Crippen LogP contribution < -0.4 is 5.32 Å². The Morgan fingerprint density at radius 2 is 2.06 bits per heavy atom. The minimum Gasteiger partial charge on any atom is -0.388 e. The number of aliphatic hydroxyl groups is 1. The van der Waals surface area contributed by atoms with Gasteiger partial charge in [0.1, 0.15) is 0 Å². The van der Waals surface area contributed by atoms with Gasteiger partial charge in [-0.15, -0.1) is 0 Å². The average Bonchev–Trinajstić information content (AvgIpc) is 3.14. The summed E-state index contributed by atoms with van der Waals surface area (Å²) in [6.07, 6.45) is 3.68. The molecule has 0 heterocycles. The molecule has 0 bridgehead atoms. The van der Waals surface area contributed by atoms with Gasteiger partial charge in [0.05, 0.1) is 6.10 Å². The molecule has 0 aliphatic heterocycles. The van der Waals surface area contributed by atoms with E-state index in [-0.39, 0.29) is 5.91 Å². The van der Waals surface area contributed by atoms with Crippen LogP contribution in [0.2, 0.25) is 0 Å². The molecule has 1 aliphatic carbocycles. The third-order valence-electron chi connectivity index (χ3n) is 3.01. The maximum Gasteiger partial charge on any atom is 0.220 e. The fourth-order valence-electron chi connectivity index (χ4n) is 1.83. The van der Waals surface area contributed by atoms with Crippen LogP contribution >= 0.6 is 0 Å². The van der Waals surface area contributed by atoms with E-state index in [4.69, 9.17) is 0 Å². The molecule has 1 aromatic rings. The Labute approximate surface area is 102 Å². The van der Waals surface area contributed by atoms with Crippen LogP contribution in [0.4, 0.5) is 0 Å². The largest absolute Gasteiger partial charge is 0.388 e. The molecule has 1 aromatic carbocycles. The second-order valence-electron chi connectivity index (χ2n) is 4.66. The maximum atomic E-state index is 11.4. The number of hydrogen-bond acceptors (Lipinski definition) is 2. The summed E-state index contributed by atoms with van der Waals surface area (Å²) < 4.78 is 0. The van der Waals surface area contributed by atoms with Gasteiger partial charge in [0.25, 0.3) is 0 Å². The highest BCUT2D eigenvalue weighted by Crippen LogP contribution is 2.20.